The zero-order valence-electron chi connectivity index (χ0n) is 21.9. The molecule has 2 aromatic rings. The lowest BCUT2D eigenvalue weighted by atomic mass is 9.96. The Bertz CT molecular complexity index is 1200. The highest BCUT2D eigenvalue weighted by Gasteiger charge is 2.30. The summed E-state index contributed by atoms with van der Waals surface area (Å²) in [7, 11) is -5.09. The van der Waals surface area contributed by atoms with Gasteiger partial charge in [0.15, 0.2) is 0 Å². The molecule has 0 amide bonds. The molecule has 14 heteroatoms. The summed E-state index contributed by atoms with van der Waals surface area (Å²) in [5, 5.41) is 22.9. The molecule has 1 aromatic carbocycles. The summed E-state index contributed by atoms with van der Waals surface area (Å²) in [5.41, 5.74) is -1.20. The topological polar surface area (TPSA) is 179 Å². The second-order valence-electron chi connectivity index (χ2n) is 10.5. The van der Waals surface area contributed by atoms with E-state index in [2.05, 4.69) is 36.4 Å². The number of nitrogens with one attached hydrogen (secondary N) is 1. The van der Waals surface area contributed by atoms with E-state index in [1.807, 2.05) is 0 Å². The van der Waals surface area contributed by atoms with Crippen molar-refractivity contribution in [1.82, 2.24) is 20.3 Å². The molecule has 1 N–H and O–H groups in total. The minimum Gasteiger partial charge on any atom is -0.744 e. The van der Waals surface area contributed by atoms with Crippen LogP contribution in [-0.4, -0.2) is 64.2 Å². The van der Waals surface area contributed by atoms with Crippen molar-refractivity contribution in [2.45, 2.75) is 71.0 Å². The quantitative estimate of drug-likeness (QED) is 0.137. The van der Waals surface area contributed by atoms with Gasteiger partial charge in [-0.2, -0.15) is 0 Å². The Balaban J connectivity index is 2.19. The lowest BCUT2D eigenvalue weighted by Crippen LogP contribution is -2.38. The van der Waals surface area contributed by atoms with E-state index in [0.29, 0.717) is 32.0 Å². The molecule has 1 atom stereocenters. The highest BCUT2D eigenvalue weighted by Crippen LogP contribution is 2.32. The van der Waals surface area contributed by atoms with Gasteiger partial charge in [0, 0.05) is 30.8 Å². The van der Waals surface area contributed by atoms with Crippen LogP contribution in [0.25, 0.3) is 0 Å². The maximum atomic E-state index is 12.6. The van der Waals surface area contributed by atoms with Gasteiger partial charge in [0.05, 0.1) is 35.8 Å². The summed E-state index contributed by atoms with van der Waals surface area (Å²) in [6, 6.07) is 2.98. The number of esters is 1. The molecule has 37 heavy (non-hydrogen) atoms. The number of hydrogen-bond acceptors (Lipinski definition) is 11. The molecule has 1 unspecified atom stereocenters. The average Bonchev–Trinajstić information content (AvgIpc) is 3.20. The van der Waals surface area contributed by atoms with Gasteiger partial charge in [-0.3, -0.25) is 14.9 Å². The number of benzene rings is 1. The normalized spacial score (nSPS) is 13.4. The molecule has 206 valence electrons. The summed E-state index contributed by atoms with van der Waals surface area (Å²) in [4.78, 5) is 22.1. The Morgan fingerprint density at radius 2 is 1.86 bits per heavy atom. The minimum absolute atomic E-state index is 0.00113. The average molecular weight is 541 g/mol. The molecule has 2 rings (SSSR count). The molecule has 0 aliphatic carbocycles. The first kappa shape index (κ1) is 30.3. The highest BCUT2D eigenvalue weighted by molar-refractivity contribution is 7.85. The van der Waals surface area contributed by atoms with E-state index >= 15 is 0 Å². The molecule has 0 saturated heterocycles. The van der Waals surface area contributed by atoms with Crippen LogP contribution in [0.5, 0.6) is 0 Å². The van der Waals surface area contributed by atoms with Gasteiger partial charge in [-0.25, -0.2) is 13.1 Å². The summed E-state index contributed by atoms with van der Waals surface area (Å²) >= 11 is 0. The Labute approximate surface area is 216 Å². The maximum absolute atomic E-state index is 12.6. The van der Waals surface area contributed by atoms with Gasteiger partial charge < -0.3 is 19.3 Å². The number of rotatable bonds is 12. The number of nitro benzene ring substituents is 1. The van der Waals surface area contributed by atoms with Crippen molar-refractivity contribution >= 4 is 21.8 Å². The summed E-state index contributed by atoms with van der Waals surface area (Å²) in [5.74, 6) is -0.578. The third kappa shape index (κ3) is 9.80. The molecule has 0 aliphatic rings. The van der Waals surface area contributed by atoms with Gasteiger partial charge in [0.2, 0.25) is 0 Å². The lowest BCUT2D eigenvalue weighted by molar-refractivity contribution is -0.388. The molecule has 0 fully saturated rings. The second kappa shape index (κ2) is 12.1. The summed E-state index contributed by atoms with van der Waals surface area (Å²) in [6.07, 6.45) is 0.608. The number of carbonyl (C=O) groups is 1. The predicted octanol–water partition coefficient (Wildman–Crippen LogP) is 2.37. The van der Waals surface area contributed by atoms with E-state index in [1.165, 1.54) is 6.07 Å². The van der Waals surface area contributed by atoms with Crippen LogP contribution < -0.4 is 5.32 Å². The first-order chi connectivity index (χ1) is 17.0. The number of nitrogens with zero attached hydrogens (tertiary/aromatic N) is 4. The van der Waals surface area contributed by atoms with Crippen LogP contribution in [0.2, 0.25) is 0 Å². The predicted molar refractivity (Wildman–Crippen MR) is 132 cm³/mol. The number of hydrogen-bond donors (Lipinski definition) is 1. The van der Waals surface area contributed by atoms with E-state index in [-0.39, 0.29) is 17.5 Å². The van der Waals surface area contributed by atoms with Crippen LogP contribution in [0.1, 0.15) is 58.9 Å². The molecular formula is C23H34N5O8S-. The van der Waals surface area contributed by atoms with Gasteiger partial charge >= 0.3 is 5.97 Å². The molecule has 0 radical (unpaired) electrons. The van der Waals surface area contributed by atoms with E-state index < -0.39 is 43.1 Å². The van der Waals surface area contributed by atoms with Gasteiger partial charge in [0.1, 0.15) is 21.1 Å². The first-order valence-electron chi connectivity index (χ1n) is 11.6. The van der Waals surface area contributed by atoms with Crippen molar-refractivity contribution in [2.75, 3.05) is 19.8 Å². The third-order valence-electron chi connectivity index (χ3n) is 5.03. The molecule has 0 bridgehead atoms. The Morgan fingerprint density at radius 1 is 1.19 bits per heavy atom. The van der Waals surface area contributed by atoms with Gasteiger partial charge in [-0.05, 0) is 53.2 Å². The fraction of sp³-hybridized carbons (Fsp3) is 0.609. The fourth-order valence-electron chi connectivity index (χ4n) is 3.11. The lowest BCUT2D eigenvalue weighted by Gasteiger charge is -2.23. The van der Waals surface area contributed by atoms with Crippen LogP contribution in [0.4, 0.5) is 5.69 Å². The molecule has 13 nitrogen and oxygen atoms in total. The molecular weight excluding hydrogens is 506 g/mol. The monoisotopic (exact) mass is 540 g/mol. The third-order valence-corrected chi connectivity index (χ3v) is 5.91. The van der Waals surface area contributed by atoms with Crippen LogP contribution in [0, 0.1) is 15.5 Å². The highest BCUT2D eigenvalue weighted by atomic mass is 32.2. The molecule has 1 heterocycles. The van der Waals surface area contributed by atoms with E-state index in [0.717, 1.165) is 12.1 Å². The standard InChI is InChI=1S/C23H35N5O8S/c1-22(2,3)21(29)36-19(16-7-8-20(37(32,33)34)18(13-16)28(30)31)14-17-15-27(26-25-17)10-12-35-11-9-24-23(4,5)6/h7-8,13,15,19,24H,9-12,14H2,1-6H3,(H,32,33,34)/p-1. The van der Waals surface area contributed by atoms with Crippen LogP contribution in [-0.2, 0) is 37.4 Å². The van der Waals surface area contributed by atoms with E-state index in [1.54, 1.807) is 31.6 Å². The van der Waals surface area contributed by atoms with Gasteiger partial charge in [-0.1, -0.05) is 11.3 Å². The summed E-state index contributed by atoms with van der Waals surface area (Å²) in [6.45, 7) is 13.2. The van der Waals surface area contributed by atoms with Crippen molar-refractivity contribution < 1.29 is 32.2 Å². The van der Waals surface area contributed by atoms with Crippen molar-refractivity contribution in [3.05, 3.63) is 45.8 Å². The van der Waals surface area contributed by atoms with Gasteiger partial charge in [0.25, 0.3) is 5.69 Å². The molecule has 1 aromatic heterocycles. The van der Waals surface area contributed by atoms with Crippen molar-refractivity contribution in [1.29, 1.82) is 0 Å². The maximum Gasteiger partial charge on any atom is 0.311 e. The van der Waals surface area contributed by atoms with E-state index in [9.17, 15) is 27.9 Å². The summed E-state index contributed by atoms with van der Waals surface area (Å²) < 4.78 is 47.1. The molecule has 0 saturated carbocycles. The van der Waals surface area contributed by atoms with Crippen LogP contribution in [0.15, 0.2) is 29.3 Å². The minimum atomic E-state index is -5.09. The van der Waals surface area contributed by atoms with Crippen LogP contribution >= 0.6 is 0 Å². The number of ether oxygens (including phenoxy) is 2. The smallest absolute Gasteiger partial charge is 0.311 e. The Morgan fingerprint density at radius 3 is 2.43 bits per heavy atom. The van der Waals surface area contributed by atoms with Gasteiger partial charge in [-0.15, -0.1) is 5.10 Å². The first-order valence-corrected chi connectivity index (χ1v) is 13.1. The number of aromatic nitrogens is 3. The largest absolute Gasteiger partial charge is 0.744 e. The Kier molecular flexibility index (Phi) is 9.88. The zero-order chi connectivity index (χ0) is 28.0. The number of nitro groups is 1. The Hall–Kier alpha value is -2.94. The molecule has 0 spiro atoms. The zero-order valence-corrected chi connectivity index (χ0v) is 22.7. The van der Waals surface area contributed by atoms with Crippen LogP contribution in [0.3, 0.4) is 0 Å². The molecule has 0 aliphatic heterocycles. The van der Waals surface area contributed by atoms with Crippen molar-refractivity contribution in [3.8, 4) is 0 Å². The number of carbonyl (C=O) groups excluding carboxylic acids is 1. The fourth-order valence-corrected chi connectivity index (χ4v) is 3.74. The van der Waals surface area contributed by atoms with Crippen molar-refractivity contribution in [3.63, 3.8) is 0 Å². The SMILES string of the molecule is CC(C)(C)NCCOCCn1cc(CC(OC(=O)C(C)(C)C)c2ccc(S(=O)(=O)[O-])c([N+](=O)[O-])c2)nn1. The van der Waals surface area contributed by atoms with Crippen molar-refractivity contribution in [2.24, 2.45) is 5.41 Å². The second-order valence-corrected chi connectivity index (χ2v) is 11.9. The van der Waals surface area contributed by atoms with E-state index in [4.69, 9.17) is 9.47 Å².